The fourth-order valence-electron chi connectivity index (χ4n) is 3.51. The van der Waals surface area contributed by atoms with Crippen molar-refractivity contribution in [1.82, 2.24) is 5.01 Å². The van der Waals surface area contributed by atoms with Gasteiger partial charge in [0.25, 0.3) is 5.91 Å². The average molecular weight is 375 g/mol. The van der Waals surface area contributed by atoms with Gasteiger partial charge in [0.15, 0.2) is 0 Å². The van der Waals surface area contributed by atoms with Gasteiger partial charge in [-0.25, -0.2) is 14.8 Å². The molecule has 0 saturated carbocycles. The van der Waals surface area contributed by atoms with Crippen molar-refractivity contribution in [3.63, 3.8) is 0 Å². The largest absolute Gasteiger partial charge is 0.422 e. The topological polar surface area (TPSA) is 66.1 Å². The molecule has 3 aromatic rings. The Kier molecular flexibility index (Phi) is 4.57. The van der Waals surface area contributed by atoms with Crippen molar-refractivity contribution in [3.8, 4) is 0 Å². The highest BCUT2D eigenvalue weighted by Crippen LogP contribution is 2.27. The van der Waals surface area contributed by atoms with Gasteiger partial charge in [-0.3, -0.25) is 9.79 Å². The van der Waals surface area contributed by atoms with E-state index in [2.05, 4.69) is 4.99 Å². The van der Waals surface area contributed by atoms with Crippen LogP contribution in [0.5, 0.6) is 0 Å². The van der Waals surface area contributed by atoms with E-state index in [1.807, 2.05) is 67.5 Å². The minimum Gasteiger partial charge on any atom is -0.422 e. The maximum atomic E-state index is 13.1. The third kappa shape index (κ3) is 3.01. The van der Waals surface area contributed by atoms with Crippen molar-refractivity contribution in [2.75, 3.05) is 12.1 Å². The molecule has 6 heteroatoms. The number of carbonyl (C=O) groups excluding carboxylic acids is 1. The molecule has 1 fully saturated rings. The fraction of sp³-hybridized carbons (Fsp3) is 0.227. The van der Waals surface area contributed by atoms with Crippen molar-refractivity contribution < 1.29 is 9.21 Å². The smallest absolute Gasteiger partial charge is 0.345 e. The van der Waals surface area contributed by atoms with Crippen molar-refractivity contribution in [2.45, 2.75) is 25.9 Å². The molecule has 1 aliphatic rings. The van der Waals surface area contributed by atoms with Crippen molar-refractivity contribution in [3.05, 3.63) is 76.6 Å². The summed E-state index contributed by atoms with van der Waals surface area (Å²) < 4.78 is 5.40. The first-order valence-corrected chi connectivity index (χ1v) is 9.17. The summed E-state index contributed by atoms with van der Waals surface area (Å²) in [6.45, 7) is 3.69. The van der Waals surface area contributed by atoms with E-state index in [1.165, 1.54) is 0 Å². The molecular formula is C22H21N3O3. The molecule has 1 amide bonds. The summed E-state index contributed by atoms with van der Waals surface area (Å²) in [6, 6.07) is 17.8. The molecule has 2 unspecified atom stereocenters. The molecule has 2 atom stereocenters. The molecule has 2 aromatic carbocycles. The zero-order chi connectivity index (χ0) is 19.8. The molecule has 0 N–H and O–H groups in total. The van der Waals surface area contributed by atoms with Gasteiger partial charge in [-0.05, 0) is 38.1 Å². The first-order valence-electron chi connectivity index (χ1n) is 9.17. The monoisotopic (exact) mass is 375 g/mol. The predicted molar refractivity (Wildman–Crippen MR) is 110 cm³/mol. The first-order chi connectivity index (χ1) is 13.5. The summed E-state index contributed by atoms with van der Waals surface area (Å²) >= 11 is 0. The summed E-state index contributed by atoms with van der Waals surface area (Å²) in [5, 5.41) is 4.33. The van der Waals surface area contributed by atoms with E-state index in [1.54, 1.807) is 24.1 Å². The zero-order valence-electron chi connectivity index (χ0n) is 16.0. The van der Waals surface area contributed by atoms with Gasteiger partial charge in [-0.15, -0.1) is 0 Å². The van der Waals surface area contributed by atoms with Crippen LogP contribution in [0, 0.1) is 0 Å². The Balaban J connectivity index is 1.71. The molecule has 142 valence electrons. The predicted octanol–water partition coefficient (Wildman–Crippen LogP) is 3.25. The number of hydrogen-bond acceptors (Lipinski definition) is 5. The average Bonchev–Trinajstić information content (AvgIpc) is 2.91. The molecule has 1 aliphatic heterocycles. The maximum Gasteiger partial charge on any atom is 0.345 e. The third-order valence-electron chi connectivity index (χ3n) is 5.19. The summed E-state index contributed by atoms with van der Waals surface area (Å²) in [6.07, 6.45) is 0. The number of rotatable bonds is 3. The van der Waals surface area contributed by atoms with Gasteiger partial charge in [0.2, 0.25) is 0 Å². The molecule has 28 heavy (non-hydrogen) atoms. The molecule has 0 aliphatic carbocycles. The third-order valence-corrected chi connectivity index (χ3v) is 5.19. The van der Waals surface area contributed by atoms with Crippen molar-refractivity contribution in [1.29, 1.82) is 0 Å². The minimum atomic E-state index is -0.601. The van der Waals surface area contributed by atoms with Gasteiger partial charge in [-0.2, -0.15) is 0 Å². The molecular weight excluding hydrogens is 354 g/mol. The van der Waals surface area contributed by atoms with Crippen LogP contribution < -0.4 is 10.6 Å². The lowest BCUT2D eigenvalue weighted by Crippen LogP contribution is -2.38. The Bertz CT molecular complexity index is 1120. The lowest BCUT2D eigenvalue weighted by molar-refractivity contribution is -0.118. The van der Waals surface area contributed by atoms with Crippen LogP contribution in [0.15, 0.2) is 74.9 Å². The number of hydrogen-bond donors (Lipinski definition) is 0. The number of fused-ring (bicyclic) bond motifs is 1. The van der Waals surface area contributed by atoms with Crippen LogP contribution in [0.1, 0.15) is 19.4 Å². The number of likely N-dealkylation sites (N-methyl/N-ethyl adjacent to an activating group) is 1. The van der Waals surface area contributed by atoms with Crippen LogP contribution in [-0.2, 0) is 4.79 Å². The van der Waals surface area contributed by atoms with Crippen molar-refractivity contribution in [2.24, 2.45) is 4.99 Å². The van der Waals surface area contributed by atoms with E-state index >= 15 is 0 Å². The lowest BCUT2D eigenvalue weighted by atomic mass is 10.1. The SMILES string of the molecule is CC(=NC1C(=O)N(c2ccccc2)N(C)C1C)c1cc2ccccc2oc1=O. The van der Waals surface area contributed by atoms with Gasteiger partial charge in [-0.1, -0.05) is 36.4 Å². The number of benzene rings is 2. The standard InChI is InChI=1S/C22H21N3O3/c1-14(18-13-16-9-7-8-12-19(16)28-22(18)27)23-20-15(2)24(3)25(21(20)26)17-10-5-4-6-11-17/h4-13,15,20H,1-3H3. The highest BCUT2D eigenvalue weighted by molar-refractivity contribution is 6.05. The number of carbonyl (C=O) groups is 1. The van der Waals surface area contributed by atoms with Crippen LogP contribution in [-0.4, -0.2) is 35.8 Å². The van der Waals surface area contributed by atoms with E-state index in [9.17, 15) is 9.59 Å². The molecule has 4 rings (SSSR count). The molecule has 6 nitrogen and oxygen atoms in total. The molecule has 0 radical (unpaired) electrons. The van der Waals surface area contributed by atoms with Crippen LogP contribution in [0.25, 0.3) is 11.0 Å². The van der Waals surface area contributed by atoms with Gasteiger partial charge in [0.1, 0.15) is 11.6 Å². The Morgan fingerprint density at radius 1 is 1.04 bits per heavy atom. The Morgan fingerprint density at radius 2 is 1.71 bits per heavy atom. The summed E-state index contributed by atoms with van der Waals surface area (Å²) in [7, 11) is 1.87. The van der Waals surface area contributed by atoms with E-state index in [4.69, 9.17) is 4.42 Å². The van der Waals surface area contributed by atoms with E-state index in [0.29, 0.717) is 16.9 Å². The lowest BCUT2D eigenvalue weighted by Gasteiger charge is -2.26. The quantitative estimate of drug-likeness (QED) is 0.521. The van der Waals surface area contributed by atoms with Gasteiger partial charge in [0, 0.05) is 18.1 Å². The second kappa shape index (κ2) is 7.05. The number of amides is 1. The second-order valence-corrected chi connectivity index (χ2v) is 6.94. The number of para-hydroxylation sites is 2. The summed E-state index contributed by atoms with van der Waals surface area (Å²) in [5.74, 6) is -0.120. The van der Waals surface area contributed by atoms with Crippen LogP contribution in [0.4, 0.5) is 5.69 Å². The van der Waals surface area contributed by atoms with Crippen molar-refractivity contribution >= 4 is 28.3 Å². The van der Waals surface area contributed by atoms with Crippen LogP contribution in [0.2, 0.25) is 0 Å². The van der Waals surface area contributed by atoms with Gasteiger partial charge >= 0.3 is 5.63 Å². The number of nitrogens with zero attached hydrogens (tertiary/aromatic N) is 3. The van der Waals surface area contributed by atoms with E-state index in [-0.39, 0.29) is 11.9 Å². The number of aliphatic imine (C=N–C) groups is 1. The Morgan fingerprint density at radius 3 is 2.46 bits per heavy atom. The normalized spacial score (nSPS) is 20.9. The molecule has 2 heterocycles. The van der Waals surface area contributed by atoms with Crippen LogP contribution in [0.3, 0.4) is 0 Å². The highest BCUT2D eigenvalue weighted by atomic mass is 16.4. The van der Waals surface area contributed by atoms with Crippen LogP contribution >= 0.6 is 0 Å². The van der Waals surface area contributed by atoms with E-state index in [0.717, 1.165) is 11.1 Å². The number of anilines is 1. The minimum absolute atomic E-state index is 0.120. The Labute approximate surface area is 162 Å². The van der Waals surface area contributed by atoms with Gasteiger partial charge in [0.05, 0.1) is 17.3 Å². The summed E-state index contributed by atoms with van der Waals surface area (Å²) in [4.78, 5) is 30.1. The molecule has 1 saturated heterocycles. The number of hydrazine groups is 1. The highest BCUT2D eigenvalue weighted by Gasteiger charge is 2.43. The molecule has 0 bridgehead atoms. The maximum absolute atomic E-state index is 13.1. The Hall–Kier alpha value is -3.25. The first kappa shape index (κ1) is 18.1. The van der Waals surface area contributed by atoms with E-state index < -0.39 is 11.7 Å². The fourth-order valence-corrected chi connectivity index (χ4v) is 3.51. The summed E-state index contributed by atoms with van der Waals surface area (Å²) in [5.41, 5.74) is 1.74. The molecule has 0 spiro atoms. The zero-order valence-corrected chi connectivity index (χ0v) is 16.0. The second-order valence-electron chi connectivity index (χ2n) is 6.94. The van der Waals surface area contributed by atoms with Gasteiger partial charge < -0.3 is 4.42 Å². The molecule has 1 aromatic heterocycles.